The zero-order valence-corrected chi connectivity index (χ0v) is 17.0. The van der Waals surface area contributed by atoms with E-state index in [0.717, 1.165) is 49.7 Å². The quantitative estimate of drug-likeness (QED) is 0.823. The van der Waals surface area contributed by atoms with Gasteiger partial charge in [-0.2, -0.15) is 0 Å². The number of fused-ring (bicyclic) bond motifs is 2. The standard InChI is InChI=1S/C23H33N3O2/c1-16-7-5-8-17(13-16)22(27)24-19-14-20-11-6-12-21(15-19)26(20)23(28)25-18-9-3-2-4-10-18/h5,7-8,13,18-21H,2-4,6,9-12,14-15H2,1H3,(H,24,27)(H,25,28)/t19?,20-,21+. The van der Waals surface area contributed by atoms with E-state index in [0.29, 0.717) is 6.04 Å². The van der Waals surface area contributed by atoms with E-state index in [1.807, 2.05) is 31.2 Å². The fourth-order valence-electron chi connectivity index (χ4n) is 5.38. The van der Waals surface area contributed by atoms with Crippen LogP contribution in [0.15, 0.2) is 24.3 Å². The van der Waals surface area contributed by atoms with E-state index in [2.05, 4.69) is 15.5 Å². The van der Waals surface area contributed by atoms with Crippen molar-refractivity contribution in [1.82, 2.24) is 15.5 Å². The summed E-state index contributed by atoms with van der Waals surface area (Å²) < 4.78 is 0. The highest BCUT2D eigenvalue weighted by molar-refractivity contribution is 5.94. The molecule has 3 aliphatic rings. The van der Waals surface area contributed by atoms with Gasteiger partial charge in [0.25, 0.3) is 5.91 Å². The normalized spacial score (nSPS) is 27.9. The van der Waals surface area contributed by atoms with E-state index in [9.17, 15) is 9.59 Å². The number of amides is 3. The third-order valence-corrected chi connectivity index (χ3v) is 6.76. The monoisotopic (exact) mass is 383 g/mol. The van der Waals surface area contributed by atoms with Crippen LogP contribution in [0.4, 0.5) is 4.79 Å². The van der Waals surface area contributed by atoms with Crippen molar-refractivity contribution in [2.75, 3.05) is 0 Å². The molecule has 3 amide bonds. The van der Waals surface area contributed by atoms with Gasteiger partial charge in [0.2, 0.25) is 0 Å². The number of piperidine rings is 2. The predicted octanol–water partition coefficient (Wildman–Crippen LogP) is 4.15. The molecule has 5 heteroatoms. The maximum Gasteiger partial charge on any atom is 0.318 e. The summed E-state index contributed by atoms with van der Waals surface area (Å²) in [5.74, 6) is 0.00637. The minimum absolute atomic E-state index is 0.00637. The van der Waals surface area contributed by atoms with Crippen LogP contribution in [-0.4, -0.2) is 41.0 Å². The maximum absolute atomic E-state index is 13.0. The molecule has 0 radical (unpaired) electrons. The fraction of sp³-hybridized carbons (Fsp3) is 0.652. The summed E-state index contributed by atoms with van der Waals surface area (Å²) in [4.78, 5) is 27.8. The smallest absolute Gasteiger partial charge is 0.318 e. The van der Waals surface area contributed by atoms with Crippen molar-refractivity contribution in [1.29, 1.82) is 0 Å². The zero-order valence-electron chi connectivity index (χ0n) is 17.0. The first kappa shape index (κ1) is 19.3. The highest BCUT2D eigenvalue weighted by Crippen LogP contribution is 2.34. The van der Waals surface area contributed by atoms with E-state index >= 15 is 0 Å². The molecule has 152 valence electrons. The second kappa shape index (κ2) is 8.54. The molecule has 4 rings (SSSR count). The molecule has 2 aliphatic heterocycles. The summed E-state index contributed by atoms with van der Waals surface area (Å²) in [6.07, 6.45) is 11.0. The molecule has 0 aromatic heterocycles. The molecule has 1 aromatic carbocycles. The van der Waals surface area contributed by atoms with Gasteiger partial charge in [0.15, 0.2) is 0 Å². The number of carbonyl (C=O) groups is 2. The van der Waals surface area contributed by atoms with Gasteiger partial charge in [0.1, 0.15) is 0 Å². The number of carbonyl (C=O) groups excluding carboxylic acids is 2. The van der Waals surface area contributed by atoms with Crippen LogP contribution in [0.3, 0.4) is 0 Å². The lowest BCUT2D eigenvalue weighted by atomic mass is 9.82. The molecule has 2 saturated heterocycles. The van der Waals surface area contributed by atoms with Crippen molar-refractivity contribution in [3.63, 3.8) is 0 Å². The van der Waals surface area contributed by atoms with Gasteiger partial charge in [-0.1, -0.05) is 37.0 Å². The first-order chi connectivity index (χ1) is 13.6. The second-order valence-corrected chi connectivity index (χ2v) is 8.94. The first-order valence-electron chi connectivity index (χ1n) is 11.1. The van der Waals surface area contributed by atoms with Gasteiger partial charge in [-0.15, -0.1) is 0 Å². The second-order valence-electron chi connectivity index (χ2n) is 8.94. The molecule has 28 heavy (non-hydrogen) atoms. The van der Waals surface area contributed by atoms with Gasteiger partial charge in [-0.25, -0.2) is 4.79 Å². The molecular formula is C23H33N3O2. The number of aryl methyl sites for hydroxylation is 1. The third kappa shape index (κ3) is 4.34. The van der Waals surface area contributed by atoms with Crippen molar-refractivity contribution in [3.8, 4) is 0 Å². The Labute approximate surface area is 168 Å². The molecule has 1 aromatic rings. The Bertz CT molecular complexity index is 700. The Hall–Kier alpha value is -2.04. The number of urea groups is 1. The van der Waals surface area contributed by atoms with Crippen LogP contribution in [0.2, 0.25) is 0 Å². The Morgan fingerprint density at radius 2 is 1.61 bits per heavy atom. The van der Waals surface area contributed by atoms with Crippen molar-refractivity contribution in [3.05, 3.63) is 35.4 Å². The number of nitrogens with zero attached hydrogens (tertiary/aromatic N) is 1. The van der Waals surface area contributed by atoms with E-state index in [1.54, 1.807) is 0 Å². The van der Waals surface area contributed by atoms with Crippen molar-refractivity contribution in [2.24, 2.45) is 0 Å². The highest BCUT2D eigenvalue weighted by atomic mass is 16.2. The van der Waals surface area contributed by atoms with Gasteiger partial charge >= 0.3 is 6.03 Å². The topological polar surface area (TPSA) is 61.4 Å². The lowest BCUT2D eigenvalue weighted by molar-refractivity contribution is 0.0506. The Kier molecular flexibility index (Phi) is 5.88. The van der Waals surface area contributed by atoms with Gasteiger partial charge in [0.05, 0.1) is 0 Å². The number of rotatable bonds is 3. The van der Waals surface area contributed by atoms with Crippen molar-refractivity contribution in [2.45, 2.75) is 95.3 Å². The van der Waals surface area contributed by atoms with E-state index in [1.165, 1.54) is 25.7 Å². The summed E-state index contributed by atoms with van der Waals surface area (Å²) in [5, 5.41) is 6.54. The number of hydrogen-bond donors (Lipinski definition) is 2. The SMILES string of the molecule is Cc1cccc(C(=O)NC2C[C@H]3CCC[C@@H](C2)N3C(=O)NC2CCCCC2)c1. The summed E-state index contributed by atoms with van der Waals surface area (Å²) in [5.41, 5.74) is 1.82. The number of nitrogens with one attached hydrogen (secondary N) is 2. The van der Waals surface area contributed by atoms with Crippen LogP contribution in [0.5, 0.6) is 0 Å². The van der Waals surface area contributed by atoms with Crippen LogP contribution in [0.1, 0.15) is 80.1 Å². The molecule has 2 heterocycles. The summed E-state index contributed by atoms with van der Waals surface area (Å²) in [6.45, 7) is 2.00. The molecule has 3 fully saturated rings. The number of benzene rings is 1. The van der Waals surface area contributed by atoms with Crippen LogP contribution < -0.4 is 10.6 Å². The van der Waals surface area contributed by atoms with Crippen LogP contribution in [0, 0.1) is 6.92 Å². The van der Waals surface area contributed by atoms with Gasteiger partial charge in [0, 0.05) is 29.7 Å². The molecule has 5 nitrogen and oxygen atoms in total. The predicted molar refractivity (Wildman–Crippen MR) is 110 cm³/mol. The molecule has 1 saturated carbocycles. The third-order valence-electron chi connectivity index (χ3n) is 6.76. The van der Waals surface area contributed by atoms with Crippen LogP contribution in [-0.2, 0) is 0 Å². The first-order valence-corrected chi connectivity index (χ1v) is 11.1. The van der Waals surface area contributed by atoms with Crippen LogP contribution >= 0.6 is 0 Å². The van der Waals surface area contributed by atoms with Crippen molar-refractivity contribution < 1.29 is 9.59 Å². The van der Waals surface area contributed by atoms with Crippen LogP contribution in [0.25, 0.3) is 0 Å². The molecule has 0 spiro atoms. The average molecular weight is 384 g/mol. The van der Waals surface area contributed by atoms with E-state index in [-0.39, 0.29) is 30.1 Å². The Morgan fingerprint density at radius 1 is 0.893 bits per heavy atom. The van der Waals surface area contributed by atoms with Gasteiger partial charge in [-0.3, -0.25) is 4.79 Å². The summed E-state index contributed by atoms with van der Waals surface area (Å²) in [7, 11) is 0. The largest absolute Gasteiger partial charge is 0.349 e. The highest BCUT2D eigenvalue weighted by Gasteiger charge is 2.41. The van der Waals surface area contributed by atoms with Crippen molar-refractivity contribution >= 4 is 11.9 Å². The van der Waals surface area contributed by atoms with E-state index < -0.39 is 0 Å². The summed E-state index contributed by atoms with van der Waals surface area (Å²) in [6, 6.07) is 8.87. The molecule has 1 aliphatic carbocycles. The Morgan fingerprint density at radius 3 is 2.29 bits per heavy atom. The number of hydrogen-bond acceptors (Lipinski definition) is 2. The Balaban J connectivity index is 1.37. The lowest BCUT2D eigenvalue weighted by Crippen LogP contribution is -2.61. The molecule has 1 unspecified atom stereocenters. The lowest BCUT2D eigenvalue weighted by Gasteiger charge is -2.49. The minimum Gasteiger partial charge on any atom is -0.349 e. The molecule has 2 bridgehead atoms. The van der Waals surface area contributed by atoms with Gasteiger partial charge in [-0.05, 0) is 64.0 Å². The molecule has 3 atom stereocenters. The van der Waals surface area contributed by atoms with E-state index in [4.69, 9.17) is 0 Å². The zero-order chi connectivity index (χ0) is 19.5. The molecular weight excluding hydrogens is 350 g/mol. The average Bonchev–Trinajstić information content (AvgIpc) is 2.68. The summed E-state index contributed by atoms with van der Waals surface area (Å²) >= 11 is 0. The minimum atomic E-state index is 0.00637. The van der Waals surface area contributed by atoms with Gasteiger partial charge < -0.3 is 15.5 Å². The molecule has 2 N–H and O–H groups in total. The fourth-order valence-corrected chi connectivity index (χ4v) is 5.38. The maximum atomic E-state index is 13.0.